The standard InChI is InChI=1S/C17H12F4N2/c1-12(23-11-17(19,20)21)16-8-7-14(10-22-16)6-5-13-3-2-4-15(18)9-13/h2-4,7-10,23H,1,11H2. The van der Waals surface area contributed by atoms with E-state index in [0.717, 1.165) is 0 Å². The van der Waals surface area contributed by atoms with Crippen molar-refractivity contribution >= 4 is 5.70 Å². The third-order valence-corrected chi connectivity index (χ3v) is 2.75. The first-order valence-corrected chi connectivity index (χ1v) is 6.57. The lowest BCUT2D eigenvalue weighted by Crippen LogP contribution is -2.27. The van der Waals surface area contributed by atoms with Gasteiger partial charge in [0.15, 0.2) is 0 Å². The SMILES string of the molecule is C=C(NCC(F)(F)F)c1ccc(C#Cc2cccc(F)c2)cn1. The van der Waals surface area contributed by atoms with Gasteiger partial charge in [0.05, 0.1) is 11.4 Å². The molecule has 118 valence electrons. The normalized spacial score (nSPS) is 10.6. The third-order valence-electron chi connectivity index (χ3n) is 2.75. The molecule has 0 unspecified atom stereocenters. The van der Waals surface area contributed by atoms with Crippen molar-refractivity contribution in [2.24, 2.45) is 0 Å². The topological polar surface area (TPSA) is 24.9 Å². The van der Waals surface area contributed by atoms with Crippen molar-refractivity contribution in [1.82, 2.24) is 10.3 Å². The third kappa shape index (κ3) is 5.47. The fraction of sp³-hybridized carbons (Fsp3) is 0.118. The van der Waals surface area contributed by atoms with Crippen LogP contribution in [-0.4, -0.2) is 17.7 Å². The van der Waals surface area contributed by atoms with E-state index >= 15 is 0 Å². The summed E-state index contributed by atoms with van der Waals surface area (Å²) in [6.45, 7) is 2.34. The minimum Gasteiger partial charge on any atom is -0.375 e. The lowest BCUT2D eigenvalue weighted by molar-refractivity contribution is -0.122. The molecule has 2 aromatic rings. The van der Waals surface area contributed by atoms with Gasteiger partial charge in [-0.15, -0.1) is 0 Å². The Morgan fingerprint density at radius 3 is 2.48 bits per heavy atom. The number of aromatic nitrogens is 1. The van der Waals surface area contributed by atoms with E-state index < -0.39 is 12.7 Å². The molecule has 2 nitrogen and oxygen atoms in total. The monoisotopic (exact) mass is 320 g/mol. The zero-order chi connectivity index (χ0) is 16.9. The summed E-state index contributed by atoms with van der Waals surface area (Å²) < 4.78 is 49.4. The van der Waals surface area contributed by atoms with Crippen LogP contribution in [0.2, 0.25) is 0 Å². The minimum atomic E-state index is -4.32. The second kappa shape index (κ2) is 6.97. The molecule has 0 bridgehead atoms. The molecule has 0 radical (unpaired) electrons. The van der Waals surface area contributed by atoms with Crippen LogP contribution in [0.15, 0.2) is 49.2 Å². The van der Waals surface area contributed by atoms with E-state index in [2.05, 4.69) is 28.7 Å². The molecule has 6 heteroatoms. The lowest BCUT2D eigenvalue weighted by atomic mass is 10.2. The van der Waals surface area contributed by atoms with Crippen LogP contribution in [-0.2, 0) is 0 Å². The van der Waals surface area contributed by atoms with Crippen LogP contribution in [0.1, 0.15) is 16.8 Å². The van der Waals surface area contributed by atoms with Crippen molar-refractivity contribution in [1.29, 1.82) is 0 Å². The zero-order valence-electron chi connectivity index (χ0n) is 11.9. The number of benzene rings is 1. The van der Waals surface area contributed by atoms with Crippen LogP contribution in [0, 0.1) is 17.7 Å². The number of rotatable bonds is 3. The molecule has 0 saturated carbocycles. The van der Waals surface area contributed by atoms with Crippen molar-refractivity contribution in [2.45, 2.75) is 6.18 Å². The van der Waals surface area contributed by atoms with Crippen molar-refractivity contribution in [3.05, 3.63) is 71.8 Å². The number of hydrogen-bond donors (Lipinski definition) is 1. The van der Waals surface area contributed by atoms with Crippen LogP contribution >= 0.6 is 0 Å². The van der Waals surface area contributed by atoms with Gasteiger partial charge < -0.3 is 5.32 Å². The van der Waals surface area contributed by atoms with Gasteiger partial charge in [-0.05, 0) is 30.3 Å². The predicted octanol–water partition coefficient (Wildman–Crippen LogP) is 3.74. The van der Waals surface area contributed by atoms with Gasteiger partial charge in [-0.3, -0.25) is 4.98 Å². The highest BCUT2D eigenvalue weighted by Crippen LogP contribution is 2.15. The Morgan fingerprint density at radius 2 is 1.87 bits per heavy atom. The molecular weight excluding hydrogens is 308 g/mol. The molecule has 0 atom stereocenters. The summed E-state index contributed by atoms with van der Waals surface area (Å²) in [5, 5.41) is 2.16. The Balaban J connectivity index is 2.04. The molecule has 0 fully saturated rings. The van der Waals surface area contributed by atoms with Gasteiger partial charge in [-0.1, -0.05) is 24.5 Å². The molecule has 0 aliphatic carbocycles. The van der Waals surface area contributed by atoms with E-state index in [4.69, 9.17) is 0 Å². The maximum absolute atomic E-state index is 13.0. The number of nitrogens with one attached hydrogen (secondary N) is 1. The highest BCUT2D eigenvalue weighted by Gasteiger charge is 2.26. The number of halogens is 4. The summed E-state index contributed by atoms with van der Waals surface area (Å²) in [5.74, 6) is 5.20. The van der Waals surface area contributed by atoms with Gasteiger partial charge in [-0.25, -0.2) is 4.39 Å². The van der Waals surface area contributed by atoms with E-state index in [1.807, 2.05) is 0 Å². The van der Waals surface area contributed by atoms with Crippen molar-refractivity contribution in [3.63, 3.8) is 0 Å². The molecular formula is C17H12F4N2. The maximum Gasteiger partial charge on any atom is 0.405 e. The summed E-state index contributed by atoms with van der Waals surface area (Å²) in [6.07, 6.45) is -2.90. The summed E-state index contributed by atoms with van der Waals surface area (Å²) in [6, 6.07) is 8.97. The fourth-order valence-corrected chi connectivity index (χ4v) is 1.65. The Morgan fingerprint density at radius 1 is 1.13 bits per heavy atom. The van der Waals surface area contributed by atoms with Crippen molar-refractivity contribution < 1.29 is 17.6 Å². The van der Waals surface area contributed by atoms with Crippen LogP contribution in [0.4, 0.5) is 17.6 Å². The van der Waals surface area contributed by atoms with Gasteiger partial charge >= 0.3 is 6.18 Å². The van der Waals surface area contributed by atoms with E-state index in [9.17, 15) is 17.6 Å². The average molecular weight is 320 g/mol. The van der Waals surface area contributed by atoms with Gasteiger partial charge in [0, 0.05) is 17.3 Å². The molecule has 2 rings (SSSR count). The molecule has 1 heterocycles. The fourth-order valence-electron chi connectivity index (χ4n) is 1.65. The number of alkyl halides is 3. The van der Waals surface area contributed by atoms with Crippen LogP contribution in [0.3, 0.4) is 0 Å². The number of nitrogens with zero attached hydrogens (tertiary/aromatic N) is 1. The summed E-state index contributed by atoms with van der Waals surface area (Å²) >= 11 is 0. The first-order chi connectivity index (χ1) is 10.8. The molecule has 1 N–H and O–H groups in total. The van der Waals surface area contributed by atoms with E-state index in [1.165, 1.54) is 24.4 Å². The van der Waals surface area contributed by atoms with Crippen LogP contribution in [0.25, 0.3) is 5.70 Å². The molecule has 1 aromatic heterocycles. The predicted molar refractivity (Wildman–Crippen MR) is 79.7 cm³/mol. The average Bonchev–Trinajstić information content (AvgIpc) is 2.50. The summed E-state index contributed by atoms with van der Waals surface area (Å²) in [5.41, 5.74) is 1.45. The van der Waals surface area contributed by atoms with Crippen LogP contribution < -0.4 is 5.32 Å². The largest absolute Gasteiger partial charge is 0.405 e. The molecule has 23 heavy (non-hydrogen) atoms. The van der Waals surface area contributed by atoms with Crippen molar-refractivity contribution in [3.8, 4) is 11.8 Å². The molecule has 0 aliphatic heterocycles. The highest BCUT2D eigenvalue weighted by molar-refractivity contribution is 5.58. The van der Waals surface area contributed by atoms with Gasteiger partial charge in [0.1, 0.15) is 12.4 Å². The minimum absolute atomic E-state index is 0.0759. The Bertz CT molecular complexity index is 753. The quantitative estimate of drug-likeness (QED) is 0.688. The van der Waals surface area contributed by atoms with E-state index in [0.29, 0.717) is 16.8 Å². The molecule has 1 aromatic carbocycles. The lowest BCUT2D eigenvalue weighted by Gasteiger charge is -2.11. The molecule has 0 aliphatic rings. The zero-order valence-corrected chi connectivity index (χ0v) is 11.9. The maximum atomic E-state index is 13.0. The Labute approximate surface area is 130 Å². The summed E-state index contributed by atoms with van der Waals surface area (Å²) in [7, 11) is 0. The van der Waals surface area contributed by atoms with Crippen LogP contribution in [0.5, 0.6) is 0 Å². The number of hydrogen-bond acceptors (Lipinski definition) is 2. The molecule has 0 saturated heterocycles. The van der Waals surface area contributed by atoms with Gasteiger partial charge in [0.2, 0.25) is 0 Å². The Hall–Kier alpha value is -2.81. The Kier molecular flexibility index (Phi) is 5.02. The first-order valence-electron chi connectivity index (χ1n) is 6.57. The summed E-state index contributed by atoms with van der Waals surface area (Å²) in [4.78, 5) is 4.00. The van der Waals surface area contributed by atoms with E-state index in [-0.39, 0.29) is 11.5 Å². The van der Waals surface area contributed by atoms with E-state index in [1.54, 1.807) is 18.2 Å². The molecule has 0 spiro atoms. The van der Waals surface area contributed by atoms with Gasteiger partial charge in [0.25, 0.3) is 0 Å². The first kappa shape index (κ1) is 16.6. The smallest absolute Gasteiger partial charge is 0.375 e. The second-order valence-corrected chi connectivity index (χ2v) is 4.64. The molecule has 0 amide bonds. The van der Waals surface area contributed by atoms with Crippen molar-refractivity contribution in [2.75, 3.05) is 6.54 Å². The highest BCUT2D eigenvalue weighted by atomic mass is 19.4. The van der Waals surface area contributed by atoms with Gasteiger partial charge in [-0.2, -0.15) is 13.2 Å². The number of pyridine rings is 1. The second-order valence-electron chi connectivity index (χ2n) is 4.64.